The van der Waals surface area contributed by atoms with Crippen LogP contribution < -0.4 is 5.32 Å². The fraction of sp³-hybridized carbons (Fsp3) is 0.538. The van der Waals surface area contributed by atoms with E-state index < -0.39 is 14.6 Å². The zero-order chi connectivity index (χ0) is 14.0. The highest BCUT2D eigenvalue weighted by Gasteiger charge is 2.29. The van der Waals surface area contributed by atoms with E-state index in [-0.39, 0.29) is 5.82 Å². The van der Waals surface area contributed by atoms with Crippen molar-refractivity contribution >= 4 is 9.84 Å². The third-order valence-corrected chi connectivity index (χ3v) is 5.33. The van der Waals surface area contributed by atoms with Gasteiger partial charge in [-0.05, 0) is 44.0 Å². The van der Waals surface area contributed by atoms with Crippen LogP contribution in [0.5, 0.6) is 0 Å². The molecule has 0 aliphatic carbocycles. The number of rotatable bonds is 5. The van der Waals surface area contributed by atoms with Gasteiger partial charge in [-0.25, -0.2) is 12.8 Å². The molecule has 3 nitrogen and oxygen atoms in total. The summed E-state index contributed by atoms with van der Waals surface area (Å²) >= 11 is 0. The minimum Gasteiger partial charge on any atom is -0.311 e. The van der Waals surface area contributed by atoms with Gasteiger partial charge in [-0.1, -0.05) is 6.07 Å². The Labute approximate surface area is 108 Å². The molecule has 0 atom stereocenters. The van der Waals surface area contributed by atoms with Crippen molar-refractivity contribution in [2.24, 2.45) is 0 Å². The maximum atomic E-state index is 12.9. The maximum Gasteiger partial charge on any atom is 0.153 e. The smallest absolute Gasteiger partial charge is 0.153 e. The van der Waals surface area contributed by atoms with Gasteiger partial charge in [0.15, 0.2) is 9.84 Å². The van der Waals surface area contributed by atoms with Crippen molar-refractivity contribution in [3.8, 4) is 0 Å². The molecule has 5 heteroatoms. The SMILES string of the molecule is Cc1cc(F)ccc1CNCC(C)(C)S(C)(=O)=O. The van der Waals surface area contributed by atoms with E-state index in [4.69, 9.17) is 0 Å². The van der Waals surface area contributed by atoms with Crippen molar-refractivity contribution in [2.45, 2.75) is 32.1 Å². The van der Waals surface area contributed by atoms with Gasteiger partial charge in [0, 0.05) is 19.3 Å². The fourth-order valence-electron chi connectivity index (χ4n) is 1.49. The summed E-state index contributed by atoms with van der Waals surface area (Å²) in [6.45, 7) is 6.11. The number of sulfone groups is 1. The molecule has 102 valence electrons. The van der Waals surface area contributed by atoms with Crippen molar-refractivity contribution in [3.63, 3.8) is 0 Å². The van der Waals surface area contributed by atoms with E-state index in [0.29, 0.717) is 13.1 Å². The summed E-state index contributed by atoms with van der Waals surface area (Å²) in [5, 5.41) is 3.11. The predicted octanol–water partition coefficient (Wildman–Crippen LogP) is 2.05. The van der Waals surface area contributed by atoms with Crippen molar-refractivity contribution in [3.05, 3.63) is 35.1 Å². The summed E-state index contributed by atoms with van der Waals surface area (Å²) < 4.78 is 35.1. The fourth-order valence-corrected chi connectivity index (χ4v) is 1.85. The van der Waals surface area contributed by atoms with Crippen LogP contribution in [0.4, 0.5) is 4.39 Å². The Kier molecular flexibility index (Phi) is 4.50. The molecule has 0 bridgehead atoms. The summed E-state index contributed by atoms with van der Waals surface area (Å²) in [5.41, 5.74) is 1.83. The first-order chi connectivity index (χ1) is 8.13. The first-order valence-corrected chi connectivity index (χ1v) is 7.68. The lowest BCUT2D eigenvalue weighted by Gasteiger charge is -2.23. The molecule has 0 spiro atoms. The molecular weight excluding hydrogens is 253 g/mol. The van der Waals surface area contributed by atoms with Crippen LogP contribution in [0.15, 0.2) is 18.2 Å². The normalized spacial score (nSPS) is 12.7. The average molecular weight is 273 g/mol. The summed E-state index contributed by atoms with van der Waals surface area (Å²) in [5.74, 6) is -0.257. The van der Waals surface area contributed by atoms with E-state index in [9.17, 15) is 12.8 Å². The van der Waals surface area contributed by atoms with Gasteiger partial charge in [0.2, 0.25) is 0 Å². The highest BCUT2D eigenvalue weighted by Crippen LogP contribution is 2.14. The molecule has 0 amide bonds. The zero-order valence-electron chi connectivity index (χ0n) is 11.2. The van der Waals surface area contributed by atoms with Crippen molar-refractivity contribution < 1.29 is 12.8 Å². The molecule has 0 aromatic heterocycles. The van der Waals surface area contributed by atoms with Gasteiger partial charge in [0.1, 0.15) is 5.82 Å². The molecule has 0 heterocycles. The molecule has 1 aromatic carbocycles. The summed E-state index contributed by atoms with van der Waals surface area (Å²) in [6, 6.07) is 4.59. The topological polar surface area (TPSA) is 46.2 Å². The van der Waals surface area contributed by atoms with E-state index in [1.54, 1.807) is 19.9 Å². The number of aryl methyl sites for hydroxylation is 1. The Morgan fingerprint density at radius 2 is 1.94 bits per heavy atom. The highest BCUT2D eigenvalue weighted by molar-refractivity contribution is 7.92. The lowest BCUT2D eigenvalue weighted by atomic mass is 10.1. The van der Waals surface area contributed by atoms with Gasteiger partial charge in [0.05, 0.1) is 4.75 Å². The van der Waals surface area contributed by atoms with Gasteiger partial charge in [0.25, 0.3) is 0 Å². The highest BCUT2D eigenvalue weighted by atomic mass is 32.2. The Balaban J connectivity index is 2.62. The zero-order valence-corrected chi connectivity index (χ0v) is 12.1. The Hall–Kier alpha value is -0.940. The van der Waals surface area contributed by atoms with Crippen molar-refractivity contribution in [1.82, 2.24) is 5.32 Å². The third-order valence-electron chi connectivity index (χ3n) is 3.17. The third kappa shape index (κ3) is 3.78. The van der Waals surface area contributed by atoms with E-state index in [2.05, 4.69) is 5.32 Å². The largest absolute Gasteiger partial charge is 0.311 e. The second-order valence-electron chi connectivity index (χ2n) is 5.21. The van der Waals surface area contributed by atoms with Gasteiger partial charge < -0.3 is 5.32 Å². The summed E-state index contributed by atoms with van der Waals surface area (Å²) in [4.78, 5) is 0. The molecule has 0 aliphatic heterocycles. The number of hydrogen-bond acceptors (Lipinski definition) is 3. The molecular formula is C13H20FNO2S. The quantitative estimate of drug-likeness (QED) is 0.893. The van der Waals surface area contributed by atoms with E-state index in [1.165, 1.54) is 18.4 Å². The van der Waals surface area contributed by atoms with Crippen LogP contribution in [0.1, 0.15) is 25.0 Å². The first kappa shape index (κ1) is 15.1. The van der Waals surface area contributed by atoms with Crippen LogP contribution in [-0.2, 0) is 16.4 Å². The van der Waals surface area contributed by atoms with Gasteiger partial charge >= 0.3 is 0 Å². The number of benzene rings is 1. The van der Waals surface area contributed by atoms with Crippen LogP contribution >= 0.6 is 0 Å². The van der Waals surface area contributed by atoms with Gasteiger partial charge in [-0.15, -0.1) is 0 Å². The summed E-state index contributed by atoms with van der Waals surface area (Å²) in [7, 11) is -3.10. The Morgan fingerprint density at radius 1 is 1.33 bits per heavy atom. The monoisotopic (exact) mass is 273 g/mol. The van der Waals surface area contributed by atoms with E-state index in [0.717, 1.165) is 11.1 Å². The molecule has 0 radical (unpaired) electrons. The Bertz CT molecular complexity index is 524. The van der Waals surface area contributed by atoms with Crippen LogP contribution in [0, 0.1) is 12.7 Å². The van der Waals surface area contributed by atoms with Gasteiger partial charge in [-0.3, -0.25) is 0 Å². The second-order valence-corrected chi connectivity index (χ2v) is 7.86. The molecule has 0 saturated heterocycles. The van der Waals surface area contributed by atoms with Crippen molar-refractivity contribution in [2.75, 3.05) is 12.8 Å². The average Bonchev–Trinajstić information content (AvgIpc) is 2.19. The first-order valence-electron chi connectivity index (χ1n) is 5.79. The second kappa shape index (κ2) is 5.36. The minimum absolute atomic E-state index is 0.257. The predicted molar refractivity (Wildman–Crippen MR) is 71.8 cm³/mol. The molecule has 18 heavy (non-hydrogen) atoms. The minimum atomic E-state index is -3.10. The molecule has 0 aliphatic rings. The lowest BCUT2D eigenvalue weighted by molar-refractivity contribution is 0.521. The van der Waals surface area contributed by atoms with E-state index in [1.807, 2.05) is 6.92 Å². The van der Waals surface area contributed by atoms with Crippen LogP contribution in [0.25, 0.3) is 0 Å². The number of hydrogen-bond donors (Lipinski definition) is 1. The van der Waals surface area contributed by atoms with Crippen LogP contribution in [-0.4, -0.2) is 26.0 Å². The molecule has 1 aromatic rings. The Morgan fingerprint density at radius 3 is 2.44 bits per heavy atom. The van der Waals surface area contributed by atoms with Crippen LogP contribution in [0.2, 0.25) is 0 Å². The van der Waals surface area contributed by atoms with Gasteiger partial charge in [-0.2, -0.15) is 0 Å². The lowest BCUT2D eigenvalue weighted by Crippen LogP contribution is -2.41. The van der Waals surface area contributed by atoms with Crippen LogP contribution in [0.3, 0.4) is 0 Å². The maximum absolute atomic E-state index is 12.9. The summed E-state index contributed by atoms with van der Waals surface area (Å²) in [6.07, 6.45) is 1.23. The van der Waals surface area contributed by atoms with E-state index >= 15 is 0 Å². The molecule has 1 N–H and O–H groups in total. The standard InChI is InChI=1S/C13H20FNO2S/c1-10-7-12(14)6-5-11(10)8-15-9-13(2,3)18(4,16)17/h5-7,15H,8-9H2,1-4H3. The van der Waals surface area contributed by atoms with Crippen molar-refractivity contribution in [1.29, 1.82) is 0 Å². The molecule has 1 rings (SSSR count). The molecule has 0 fully saturated rings. The molecule has 0 unspecified atom stereocenters. The number of nitrogens with one attached hydrogen (secondary N) is 1. The number of halogens is 1. The molecule has 0 saturated carbocycles.